The summed E-state index contributed by atoms with van der Waals surface area (Å²) in [5.74, 6) is 0. The quantitative estimate of drug-likeness (QED) is 0.477. The van der Waals surface area contributed by atoms with Crippen molar-refractivity contribution in [2.75, 3.05) is 24.2 Å². The summed E-state index contributed by atoms with van der Waals surface area (Å²) >= 11 is 0. The lowest BCUT2D eigenvalue weighted by Gasteiger charge is -2.15. The normalized spacial score (nSPS) is 11.9. The minimum Gasteiger partial charge on any atom is -0.399 e. The molecule has 0 aliphatic heterocycles. The fraction of sp³-hybridized carbons (Fsp3) is 0.188. The third kappa shape index (κ3) is 3.81. The number of nitrogen functional groups attached to an aromatic ring is 1. The van der Waals surface area contributed by atoms with Crippen molar-refractivity contribution in [1.29, 1.82) is 0 Å². The Bertz CT molecular complexity index is 611. The van der Waals surface area contributed by atoms with Gasteiger partial charge in [0, 0.05) is 29.0 Å². The van der Waals surface area contributed by atoms with E-state index in [1.54, 1.807) is 18.2 Å². The first-order valence-electron chi connectivity index (χ1n) is 6.62. The number of aliphatic hydroxyl groups is 2. The molecule has 0 amide bonds. The molecule has 0 heterocycles. The van der Waals surface area contributed by atoms with Crippen LogP contribution in [0.1, 0.15) is 10.4 Å². The first kappa shape index (κ1) is 15.0. The Morgan fingerprint density at radius 1 is 1.19 bits per heavy atom. The van der Waals surface area contributed by atoms with E-state index in [0.717, 1.165) is 23.1 Å². The van der Waals surface area contributed by atoms with Crippen molar-refractivity contribution in [3.63, 3.8) is 0 Å². The average molecular weight is 286 g/mol. The van der Waals surface area contributed by atoms with Crippen molar-refractivity contribution in [1.82, 2.24) is 0 Å². The summed E-state index contributed by atoms with van der Waals surface area (Å²) in [6, 6.07) is 12.6. The lowest BCUT2D eigenvalue weighted by molar-refractivity contribution is 0.105. The van der Waals surface area contributed by atoms with Gasteiger partial charge in [-0.25, -0.2) is 0 Å². The van der Waals surface area contributed by atoms with Crippen molar-refractivity contribution in [2.45, 2.75) is 6.10 Å². The molecule has 1 atom stereocenters. The Labute approximate surface area is 123 Å². The summed E-state index contributed by atoms with van der Waals surface area (Å²) in [5, 5.41) is 21.4. The van der Waals surface area contributed by atoms with Gasteiger partial charge in [0.1, 0.15) is 6.29 Å². The van der Waals surface area contributed by atoms with Crippen LogP contribution in [-0.2, 0) is 0 Å². The molecule has 0 aliphatic rings. The molecule has 5 nitrogen and oxygen atoms in total. The van der Waals surface area contributed by atoms with E-state index in [0.29, 0.717) is 11.3 Å². The number of aliphatic hydroxyl groups excluding tert-OH is 2. The van der Waals surface area contributed by atoms with E-state index < -0.39 is 6.10 Å². The zero-order valence-corrected chi connectivity index (χ0v) is 11.5. The van der Waals surface area contributed by atoms with Gasteiger partial charge in [-0.05, 0) is 23.8 Å². The Morgan fingerprint density at radius 3 is 2.52 bits per heavy atom. The number of anilines is 2. The predicted octanol–water partition coefficient (Wildman–Crippen LogP) is 1.51. The van der Waals surface area contributed by atoms with Crippen LogP contribution < -0.4 is 11.1 Å². The number of hydrogen-bond donors (Lipinski definition) is 4. The summed E-state index contributed by atoms with van der Waals surface area (Å²) in [6.45, 7) is -0.0643. The smallest absolute Gasteiger partial charge is 0.150 e. The van der Waals surface area contributed by atoms with Gasteiger partial charge < -0.3 is 21.3 Å². The predicted molar refractivity (Wildman–Crippen MR) is 83.3 cm³/mol. The highest BCUT2D eigenvalue weighted by molar-refractivity contribution is 5.83. The van der Waals surface area contributed by atoms with Crippen LogP contribution in [0.2, 0.25) is 0 Å². The molecule has 0 radical (unpaired) electrons. The van der Waals surface area contributed by atoms with Crippen LogP contribution in [-0.4, -0.2) is 35.8 Å². The maximum atomic E-state index is 10.7. The van der Waals surface area contributed by atoms with E-state index in [4.69, 9.17) is 10.8 Å². The number of aldehydes is 1. The standard InChI is InChI=1S/C16H18N2O3/c17-13-5-6-16(18-8-14(21)10-20)15(7-13)12-3-1-11(9-19)2-4-12/h1-7,9,14,18,20-21H,8,10,17H2. The molecule has 5 N–H and O–H groups in total. The van der Waals surface area contributed by atoms with Gasteiger partial charge in [-0.3, -0.25) is 4.79 Å². The highest BCUT2D eigenvalue weighted by atomic mass is 16.3. The van der Waals surface area contributed by atoms with Gasteiger partial charge in [0.15, 0.2) is 0 Å². The van der Waals surface area contributed by atoms with Gasteiger partial charge >= 0.3 is 0 Å². The van der Waals surface area contributed by atoms with Crippen LogP contribution in [0.15, 0.2) is 42.5 Å². The van der Waals surface area contributed by atoms with E-state index >= 15 is 0 Å². The van der Waals surface area contributed by atoms with Gasteiger partial charge in [0.25, 0.3) is 0 Å². The maximum absolute atomic E-state index is 10.7. The number of carbonyl (C=O) groups excluding carboxylic acids is 1. The fourth-order valence-corrected chi connectivity index (χ4v) is 1.99. The summed E-state index contributed by atoms with van der Waals surface area (Å²) in [5.41, 5.74) is 9.64. The third-order valence-electron chi connectivity index (χ3n) is 3.14. The van der Waals surface area contributed by atoms with Gasteiger partial charge in [0.05, 0.1) is 12.7 Å². The number of hydrogen-bond acceptors (Lipinski definition) is 5. The number of carbonyl (C=O) groups is 1. The molecule has 0 saturated carbocycles. The second kappa shape index (κ2) is 6.88. The highest BCUT2D eigenvalue weighted by Crippen LogP contribution is 2.30. The second-order valence-corrected chi connectivity index (χ2v) is 4.76. The average Bonchev–Trinajstić information content (AvgIpc) is 2.53. The van der Waals surface area contributed by atoms with Crippen LogP contribution >= 0.6 is 0 Å². The molecule has 2 aromatic rings. The van der Waals surface area contributed by atoms with Crippen molar-refractivity contribution in [3.8, 4) is 11.1 Å². The maximum Gasteiger partial charge on any atom is 0.150 e. The minimum atomic E-state index is -0.826. The molecule has 21 heavy (non-hydrogen) atoms. The molecule has 2 aromatic carbocycles. The summed E-state index contributed by atoms with van der Waals surface area (Å²) < 4.78 is 0. The van der Waals surface area contributed by atoms with E-state index in [-0.39, 0.29) is 13.2 Å². The molecule has 110 valence electrons. The molecule has 5 heteroatoms. The van der Waals surface area contributed by atoms with E-state index in [2.05, 4.69) is 5.32 Å². The Hall–Kier alpha value is -2.37. The lowest BCUT2D eigenvalue weighted by atomic mass is 10.0. The van der Waals surface area contributed by atoms with Crippen LogP contribution in [0.3, 0.4) is 0 Å². The second-order valence-electron chi connectivity index (χ2n) is 4.76. The molecular formula is C16H18N2O3. The molecule has 0 aliphatic carbocycles. The lowest BCUT2D eigenvalue weighted by Crippen LogP contribution is -2.23. The zero-order chi connectivity index (χ0) is 15.2. The van der Waals surface area contributed by atoms with E-state index in [1.807, 2.05) is 24.3 Å². The number of nitrogens with two attached hydrogens (primary N) is 1. The summed E-state index contributed by atoms with van der Waals surface area (Å²) in [4.78, 5) is 10.7. The molecule has 0 aromatic heterocycles. The van der Waals surface area contributed by atoms with Gasteiger partial charge in [0.2, 0.25) is 0 Å². The third-order valence-corrected chi connectivity index (χ3v) is 3.14. The first-order valence-corrected chi connectivity index (χ1v) is 6.62. The monoisotopic (exact) mass is 286 g/mol. The Kier molecular flexibility index (Phi) is 4.92. The van der Waals surface area contributed by atoms with Crippen LogP contribution in [0.5, 0.6) is 0 Å². The van der Waals surface area contributed by atoms with Crippen molar-refractivity contribution >= 4 is 17.7 Å². The first-order chi connectivity index (χ1) is 10.1. The van der Waals surface area contributed by atoms with Gasteiger partial charge in [-0.2, -0.15) is 0 Å². The highest BCUT2D eigenvalue weighted by Gasteiger charge is 2.08. The summed E-state index contributed by atoms with van der Waals surface area (Å²) in [7, 11) is 0. The Morgan fingerprint density at radius 2 is 1.90 bits per heavy atom. The molecule has 0 spiro atoms. The zero-order valence-electron chi connectivity index (χ0n) is 11.5. The van der Waals surface area contributed by atoms with Crippen LogP contribution in [0.4, 0.5) is 11.4 Å². The topological polar surface area (TPSA) is 95.6 Å². The van der Waals surface area contributed by atoms with E-state index in [9.17, 15) is 9.90 Å². The molecular weight excluding hydrogens is 268 g/mol. The molecule has 1 unspecified atom stereocenters. The van der Waals surface area contributed by atoms with Crippen LogP contribution in [0.25, 0.3) is 11.1 Å². The number of benzene rings is 2. The van der Waals surface area contributed by atoms with E-state index in [1.165, 1.54) is 0 Å². The minimum absolute atomic E-state index is 0.236. The Balaban J connectivity index is 2.31. The van der Waals surface area contributed by atoms with Crippen molar-refractivity contribution in [3.05, 3.63) is 48.0 Å². The molecule has 0 saturated heterocycles. The molecule has 0 fully saturated rings. The summed E-state index contributed by atoms with van der Waals surface area (Å²) in [6.07, 6.45) is -0.0345. The molecule has 2 rings (SSSR count). The SMILES string of the molecule is Nc1ccc(NCC(O)CO)c(-c2ccc(C=O)cc2)c1. The number of nitrogens with one attached hydrogen (secondary N) is 1. The van der Waals surface area contributed by atoms with Crippen molar-refractivity contribution < 1.29 is 15.0 Å². The number of rotatable bonds is 6. The largest absolute Gasteiger partial charge is 0.399 e. The van der Waals surface area contributed by atoms with Crippen molar-refractivity contribution in [2.24, 2.45) is 0 Å². The van der Waals surface area contributed by atoms with Gasteiger partial charge in [-0.15, -0.1) is 0 Å². The van der Waals surface area contributed by atoms with Crippen LogP contribution in [0, 0.1) is 0 Å². The molecule has 0 bridgehead atoms. The fourth-order valence-electron chi connectivity index (χ4n) is 1.99. The van der Waals surface area contributed by atoms with Gasteiger partial charge in [-0.1, -0.05) is 24.3 Å².